The third kappa shape index (κ3) is 9.23. The molecule has 0 aliphatic heterocycles. The number of anilines is 1. The summed E-state index contributed by atoms with van der Waals surface area (Å²) in [5, 5.41) is 6.72. The second-order valence-corrected chi connectivity index (χ2v) is 9.39. The van der Waals surface area contributed by atoms with E-state index in [1.807, 2.05) is 50.3 Å². The Morgan fingerprint density at radius 3 is 2.57 bits per heavy atom. The first-order valence-electron chi connectivity index (χ1n) is 12.6. The fraction of sp³-hybridized carbons (Fsp3) is 0.536. The zero-order chi connectivity index (χ0) is 27.5. The number of amidine groups is 1. The average Bonchev–Trinajstić information content (AvgIpc) is 2.86. The van der Waals surface area contributed by atoms with Crippen molar-refractivity contribution >= 4 is 23.1 Å². The van der Waals surface area contributed by atoms with Crippen molar-refractivity contribution in [2.45, 2.75) is 78.2 Å². The van der Waals surface area contributed by atoms with Crippen molar-refractivity contribution in [2.75, 3.05) is 25.5 Å². The Morgan fingerprint density at radius 1 is 1.24 bits per heavy atom. The molecule has 9 heteroatoms. The third-order valence-electron chi connectivity index (χ3n) is 6.69. The highest BCUT2D eigenvalue weighted by Gasteiger charge is 2.30. The number of carbonyl (C=O) groups excluding carboxylic acids is 1. The predicted octanol–water partition coefficient (Wildman–Crippen LogP) is 5.17. The molecule has 0 unspecified atom stereocenters. The fourth-order valence-electron chi connectivity index (χ4n) is 4.29. The molecule has 6 nitrogen and oxygen atoms in total. The number of carbonyl (C=O) groups is 1. The summed E-state index contributed by atoms with van der Waals surface area (Å²) in [4.78, 5) is 20.9. The molecule has 2 N–H and O–H groups in total. The summed E-state index contributed by atoms with van der Waals surface area (Å²) in [7, 11) is 3.04. The molecule has 0 saturated heterocycles. The van der Waals surface area contributed by atoms with Crippen LogP contribution in [-0.2, 0) is 11.3 Å². The van der Waals surface area contributed by atoms with Crippen LogP contribution in [0.25, 0.3) is 0 Å². The van der Waals surface area contributed by atoms with Gasteiger partial charge in [0.15, 0.2) is 5.84 Å². The van der Waals surface area contributed by atoms with Gasteiger partial charge in [0, 0.05) is 57.6 Å². The van der Waals surface area contributed by atoms with Gasteiger partial charge in [-0.2, -0.15) is 0 Å². The van der Waals surface area contributed by atoms with Crippen molar-refractivity contribution in [1.29, 1.82) is 0 Å². The molecule has 0 spiro atoms. The molecule has 1 aromatic carbocycles. The number of alkyl halides is 3. The number of hydrogen-bond donors (Lipinski definition) is 2. The van der Waals surface area contributed by atoms with Crippen LogP contribution in [0.15, 0.2) is 52.0 Å². The molecule has 0 radical (unpaired) electrons. The molecule has 0 heterocycles. The molecule has 0 aromatic heterocycles. The molecule has 1 saturated carbocycles. The van der Waals surface area contributed by atoms with Crippen LogP contribution in [0.2, 0.25) is 0 Å². The lowest BCUT2D eigenvalue weighted by atomic mass is 9.89. The van der Waals surface area contributed by atoms with E-state index in [0.717, 1.165) is 28.8 Å². The van der Waals surface area contributed by atoms with Gasteiger partial charge in [-0.25, -0.2) is 18.2 Å². The van der Waals surface area contributed by atoms with E-state index >= 15 is 4.39 Å². The number of nitrogens with zero attached hydrogens (tertiary/aromatic N) is 3. The van der Waals surface area contributed by atoms with Crippen LogP contribution in [-0.4, -0.2) is 62.8 Å². The van der Waals surface area contributed by atoms with Crippen molar-refractivity contribution in [1.82, 2.24) is 10.6 Å². The molecule has 3 atom stereocenters. The lowest BCUT2D eigenvalue weighted by Gasteiger charge is -2.33. The number of benzene rings is 1. The average molecular weight is 520 g/mol. The van der Waals surface area contributed by atoms with E-state index in [1.165, 1.54) is 14.0 Å². The summed E-state index contributed by atoms with van der Waals surface area (Å²) in [6.07, 6.45) is 3.54. The standard InChI is InChI=1S/C28H40F3N5O/c1-7-8-9-22(19(3)35-28(32-5)27(30)31)17-33-23-12-13-25(24(29)15-23)34-16-21-11-10-18(2)26(14-21)36(6)20(4)37/h7-11,14,23-25,27,33-34H,12-13,15-17H2,1-6H3/b8-7-,22-9-,32-28?,35-19?/t23-,24+,25-/m1/s1. The summed E-state index contributed by atoms with van der Waals surface area (Å²) < 4.78 is 41.2. The van der Waals surface area contributed by atoms with Crippen LogP contribution in [0, 0.1) is 6.92 Å². The van der Waals surface area contributed by atoms with Crippen LogP contribution >= 0.6 is 0 Å². The summed E-state index contributed by atoms with van der Waals surface area (Å²) in [6.45, 7) is 7.93. The van der Waals surface area contributed by atoms with Gasteiger partial charge in [-0.15, -0.1) is 0 Å². The van der Waals surface area contributed by atoms with Crippen molar-refractivity contribution < 1.29 is 18.0 Å². The summed E-state index contributed by atoms with van der Waals surface area (Å²) >= 11 is 0. The summed E-state index contributed by atoms with van der Waals surface area (Å²) in [6, 6.07) is 5.64. The molecule has 2 rings (SSSR count). The summed E-state index contributed by atoms with van der Waals surface area (Å²) in [5.74, 6) is -0.547. The zero-order valence-electron chi connectivity index (χ0n) is 22.7. The highest BCUT2D eigenvalue weighted by Crippen LogP contribution is 2.24. The number of aliphatic imine (C=N–C) groups is 2. The second-order valence-electron chi connectivity index (χ2n) is 9.39. The maximum Gasteiger partial charge on any atom is 0.296 e. The van der Waals surface area contributed by atoms with Gasteiger partial charge in [0.25, 0.3) is 6.43 Å². The summed E-state index contributed by atoms with van der Waals surface area (Å²) in [5.41, 5.74) is 4.05. The molecule has 1 fully saturated rings. The van der Waals surface area contributed by atoms with Gasteiger partial charge in [0.05, 0.1) is 0 Å². The number of halogens is 3. The minimum Gasteiger partial charge on any atom is -0.315 e. The molecular weight excluding hydrogens is 479 g/mol. The normalized spacial score (nSPS) is 21.7. The minimum absolute atomic E-state index is 0.0283. The molecule has 1 aliphatic rings. The highest BCUT2D eigenvalue weighted by molar-refractivity contribution is 6.07. The minimum atomic E-state index is -2.74. The molecule has 1 amide bonds. The Hall–Kier alpha value is -2.78. The van der Waals surface area contributed by atoms with Crippen molar-refractivity contribution in [3.8, 4) is 0 Å². The van der Waals surface area contributed by atoms with E-state index in [9.17, 15) is 13.6 Å². The Morgan fingerprint density at radius 2 is 1.97 bits per heavy atom. The van der Waals surface area contributed by atoms with E-state index in [-0.39, 0.29) is 18.0 Å². The van der Waals surface area contributed by atoms with Crippen LogP contribution < -0.4 is 15.5 Å². The molecule has 0 bridgehead atoms. The number of amides is 1. The maximum atomic E-state index is 15.1. The molecular formula is C28H40F3N5O. The van der Waals surface area contributed by atoms with E-state index in [4.69, 9.17) is 0 Å². The van der Waals surface area contributed by atoms with Gasteiger partial charge in [-0.3, -0.25) is 9.79 Å². The van der Waals surface area contributed by atoms with Crippen LogP contribution in [0.5, 0.6) is 0 Å². The van der Waals surface area contributed by atoms with E-state index < -0.39 is 18.4 Å². The van der Waals surface area contributed by atoms with Gasteiger partial charge in [-0.1, -0.05) is 30.4 Å². The van der Waals surface area contributed by atoms with Crippen molar-refractivity contribution in [3.05, 3.63) is 53.1 Å². The van der Waals surface area contributed by atoms with E-state index in [0.29, 0.717) is 31.6 Å². The monoisotopic (exact) mass is 519 g/mol. The Balaban J connectivity index is 1.95. The van der Waals surface area contributed by atoms with Crippen LogP contribution in [0.1, 0.15) is 51.2 Å². The molecule has 37 heavy (non-hydrogen) atoms. The number of allylic oxidation sites excluding steroid dienone is 3. The highest BCUT2D eigenvalue weighted by atomic mass is 19.3. The molecule has 1 aliphatic carbocycles. The number of aryl methyl sites for hydroxylation is 1. The largest absolute Gasteiger partial charge is 0.315 e. The van der Waals surface area contributed by atoms with Gasteiger partial charge in [0.2, 0.25) is 5.91 Å². The van der Waals surface area contributed by atoms with Gasteiger partial charge < -0.3 is 15.5 Å². The fourth-order valence-corrected chi connectivity index (χ4v) is 4.29. The number of hydrogen-bond acceptors (Lipinski definition) is 4. The Bertz CT molecular complexity index is 1030. The predicted molar refractivity (Wildman–Crippen MR) is 147 cm³/mol. The van der Waals surface area contributed by atoms with Gasteiger partial charge in [-0.05, 0) is 62.8 Å². The van der Waals surface area contributed by atoms with Crippen LogP contribution in [0.4, 0.5) is 18.9 Å². The Kier molecular flexibility index (Phi) is 12.2. The lowest BCUT2D eigenvalue weighted by molar-refractivity contribution is -0.116. The molecule has 204 valence electrons. The van der Waals surface area contributed by atoms with E-state index in [1.54, 1.807) is 18.9 Å². The smallest absolute Gasteiger partial charge is 0.296 e. The third-order valence-corrected chi connectivity index (χ3v) is 6.69. The van der Waals surface area contributed by atoms with Crippen molar-refractivity contribution in [2.24, 2.45) is 9.98 Å². The first kappa shape index (κ1) is 30.4. The van der Waals surface area contributed by atoms with Gasteiger partial charge >= 0.3 is 0 Å². The van der Waals surface area contributed by atoms with E-state index in [2.05, 4.69) is 20.6 Å². The first-order valence-corrected chi connectivity index (χ1v) is 12.6. The molecule has 1 aromatic rings. The van der Waals surface area contributed by atoms with Gasteiger partial charge in [0.1, 0.15) is 6.17 Å². The van der Waals surface area contributed by atoms with Crippen LogP contribution in [0.3, 0.4) is 0 Å². The quantitative estimate of drug-likeness (QED) is 0.255. The number of nitrogens with one attached hydrogen (secondary N) is 2. The van der Waals surface area contributed by atoms with Crippen molar-refractivity contribution in [3.63, 3.8) is 0 Å². The lowest BCUT2D eigenvalue weighted by Crippen LogP contribution is -2.47. The first-order chi connectivity index (χ1) is 17.6. The number of rotatable bonds is 10. The topological polar surface area (TPSA) is 69.1 Å². The maximum absolute atomic E-state index is 15.1. The Labute approximate surface area is 218 Å². The second kappa shape index (κ2) is 14.8. The zero-order valence-corrected chi connectivity index (χ0v) is 22.7. The SMILES string of the molecule is C/C=C\C=C(\CN[C@@H]1CC[C@@H](NCc2ccc(C)c(N(C)C(C)=O)c2)[C@@H](F)C1)C(C)=NC(=NC)C(F)F.